The van der Waals surface area contributed by atoms with E-state index in [0.29, 0.717) is 4.88 Å². The first-order valence-electron chi connectivity index (χ1n) is 6.90. The van der Waals surface area contributed by atoms with Crippen molar-refractivity contribution in [2.45, 2.75) is 6.92 Å². The van der Waals surface area contributed by atoms with Crippen LogP contribution in [0.25, 0.3) is 0 Å². The quantitative estimate of drug-likeness (QED) is 0.718. The molecule has 0 radical (unpaired) electrons. The molecule has 3 nitrogen and oxygen atoms in total. The van der Waals surface area contributed by atoms with Crippen LogP contribution in [0.5, 0.6) is 0 Å². The standard InChI is InChI=1S/C18H15NO2S/c1-13-6-5-9-15(12-13)19(14-7-3-2-4-8-14)17-11-10-16(22-17)18(20)21/h2-12H,1H3,(H,20,21). The van der Waals surface area contributed by atoms with Crippen LogP contribution in [-0.2, 0) is 0 Å². The average Bonchev–Trinajstić information content (AvgIpc) is 2.98. The summed E-state index contributed by atoms with van der Waals surface area (Å²) in [6, 6.07) is 21.6. The molecule has 0 fully saturated rings. The lowest BCUT2D eigenvalue weighted by Gasteiger charge is -2.23. The van der Waals surface area contributed by atoms with Gasteiger partial charge < -0.3 is 10.0 Å². The molecule has 0 saturated carbocycles. The number of para-hydroxylation sites is 1. The van der Waals surface area contributed by atoms with Gasteiger partial charge in [-0.15, -0.1) is 11.3 Å². The van der Waals surface area contributed by atoms with E-state index >= 15 is 0 Å². The molecule has 2 aromatic carbocycles. The summed E-state index contributed by atoms with van der Waals surface area (Å²) in [6.45, 7) is 2.05. The van der Waals surface area contributed by atoms with E-state index in [4.69, 9.17) is 5.11 Å². The number of nitrogens with zero attached hydrogens (tertiary/aromatic N) is 1. The molecule has 3 aromatic rings. The molecular weight excluding hydrogens is 294 g/mol. The molecule has 1 N–H and O–H groups in total. The third-order valence-electron chi connectivity index (χ3n) is 3.30. The van der Waals surface area contributed by atoms with Crippen LogP contribution in [0.1, 0.15) is 15.2 Å². The Bertz CT molecular complexity index is 796. The highest BCUT2D eigenvalue weighted by Gasteiger charge is 2.16. The van der Waals surface area contributed by atoms with Gasteiger partial charge in [0.15, 0.2) is 0 Å². The monoisotopic (exact) mass is 309 g/mol. The molecule has 110 valence electrons. The van der Waals surface area contributed by atoms with E-state index < -0.39 is 5.97 Å². The second-order valence-corrected chi connectivity index (χ2v) is 6.02. The summed E-state index contributed by atoms with van der Waals surface area (Å²) >= 11 is 1.27. The average molecular weight is 309 g/mol. The van der Waals surface area contributed by atoms with E-state index in [9.17, 15) is 4.79 Å². The van der Waals surface area contributed by atoms with Gasteiger partial charge in [0.1, 0.15) is 9.88 Å². The van der Waals surface area contributed by atoms with Crippen LogP contribution in [-0.4, -0.2) is 11.1 Å². The van der Waals surface area contributed by atoms with Gasteiger partial charge in [0.2, 0.25) is 0 Å². The molecule has 0 aliphatic heterocycles. The van der Waals surface area contributed by atoms with Crippen molar-refractivity contribution >= 4 is 33.7 Å². The number of benzene rings is 2. The Kier molecular flexibility index (Phi) is 3.94. The molecule has 22 heavy (non-hydrogen) atoms. The first-order valence-corrected chi connectivity index (χ1v) is 7.72. The van der Waals surface area contributed by atoms with Crippen LogP contribution >= 0.6 is 11.3 Å². The van der Waals surface area contributed by atoms with Crippen LogP contribution in [0.4, 0.5) is 16.4 Å². The van der Waals surface area contributed by atoms with E-state index in [2.05, 4.69) is 11.0 Å². The van der Waals surface area contributed by atoms with Crippen molar-refractivity contribution in [2.75, 3.05) is 4.90 Å². The summed E-state index contributed by atoms with van der Waals surface area (Å²) in [5, 5.41) is 10.0. The van der Waals surface area contributed by atoms with Crippen molar-refractivity contribution < 1.29 is 9.90 Å². The fourth-order valence-electron chi connectivity index (χ4n) is 2.31. The number of aryl methyl sites for hydroxylation is 1. The molecule has 0 saturated heterocycles. The number of hydrogen-bond acceptors (Lipinski definition) is 3. The second-order valence-electron chi connectivity index (χ2n) is 4.95. The molecule has 0 bridgehead atoms. The SMILES string of the molecule is Cc1cccc(N(c2ccccc2)c2ccc(C(=O)O)s2)c1. The first-order chi connectivity index (χ1) is 10.6. The molecule has 0 aliphatic rings. The maximum absolute atomic E-state index is 11.2. The molecule has 0 spiro atoms. The van der Waals surface area contributed by atoms with Crippen LogP contribution < -0.4 is 4.90 Å². The van der Waals surface area contributed by atoms with Crippen molar-refractivity contribution in [1.82, 2.24) is 0 Å². The number of rotatable bonds is 4. The van der Waals surface area contributed by atoms with Gasteiger partial charge in [0.05, 0.1) is 0 Å². The Balaban J connectivity index is 2.12. The Labute approximate surface area is 133 Å². The maximum atomic E-state index is 11.2. The third-order valence-corrected chi connectivity index (χ3v) is 4.36. The molecular formula is C18H15NO2S. The largest absolute Gasteiger partial charge is 0.477 e. The van der Waals surface area contributed by atoms with Gasteiger partial charge in [-0.2, -0.15) is 0 Å². The first kappa shape index (κ1) is 14.4. The van der Waals surface area contributed by atoms with Crippen LogP contribution in [0, 0.1) is 6.92 Å². The summed E-state index contributed by atoms with van der Waals surface area (Å²) in [5.41, 5.74) is 3.19. The maximum Gasteiger partial charge on any atom is 0.345 e. The Morgan fingerprint density at radius 3 is 2.32 bits per heavy atom. The van der Waals surface area contributed by atoms with Crippen molar-refractivity contribution in [3.63, 3.8) is 0 Å². The molecule has 3 rings (SSSR count). The number of thiophene rings is 1. The van der Waals surface area contributed by atoms with E-state index in [1.54, 1.807) is 6.07 Å². The number of aromatic carboxylic acids is 1. The molecule has 1 heterocycles. The topological polar surface area (TPSA) is 40.5 Å². The number of anilines is 3. The summed E-state index contributed by atoms with van der Waals surface area (Å²) in [4.78, 5) is 13.6. The molecule has 0 atom stereocenters. The Hall–Kier alpha value is -2.59. The molecule has 0 unspecified atom stereocenters. The summed E-state index contributed by atoms with van der Waals surface area (Å²) in [5.74, 6) is -0.895. The fourth-order valence-corrected chi connectivity index (χ4v) is 3.20. The highest BCUT2D eigenvalue weighted by Crippen LogP contribution is 2.38. The summed E-state index contributed by atoms with van der Waals surface area (Å²) in [6.07, 6.45) is 0. The van der Waals surface area contributed by atoms with E-state index in [-0.39, 0.29) is 0 Å². The minimum absolute atomic E-state index is 0.337. The zero-order valence-electron chi connectivity index (χ0n) is 12.1. The van der Waals surface area contributed by atoms with E-state index in [1.807, 2.05) is 61.5 Å². The van der Waals surface area contributed by atoms with Crippen LogP contribution in [0.15, 0.2) is 66.7 Å². The predicted octanol–water partition coefficient (Wildman–Crippen LogP) is 5.22. The van der Waals surface area contributed by atoms with Gasteiger partial charge in [0.25, 0.3) is 0 Å². The van der Waals surface area contributed by atoms with Crippen LogP contribution in [0.3, 0.4) is 0 Å². The van der Waals surface area contributed by atoms with Gasteiger partial charge >= 0.3 is 5.97 Å². The highest BCUT2D eigenvalue weighted by molar-refractivity contribution is 7.18. The lowest BCUT2D eigenvalue weighted by molar-refractivity contribution is 0.0702. The Morgan fingerprint density at radius 2 is 1.68 bits per heavy atom. The van der Waals surface area contributed by atoms with E-state index in [0.717, 1.165) is 21.9 Å². The summed E-state index contributed by atoms with van der Waals surface area (Å²) < 4.78 is 0. The third kappa shape index (κ3) is 2.87. The van der Waals surface area contributed by atoms with Gasteiger partial charge in [0, 0.05) is 11.4 Å². The lowest BCUT2D eigenvalue weighted by atomic mass is 10.2. The van der Waals surface area contributed by atoms with Gasteiger partial charge in [-0.1, -0.05) is 30.3 Å². The number of carboxylic acids is 1. The zero-order valence-corrected chi connectivity index (χ0v) is 12.9. The second kappa shape index (κ2) is 6.03. The zero-order chi connectivity index (χ0) is 15.5. The highest BCUT2D eigenvalue weighted by atomic mass is 32.1. The van der Waals surface area contributed by atoms with Crippen molar-refractivity contribution in [2.24, 2.45) is 0 Å². The van der Waals surface area contributed by atoms with Crippen molar-refractivity contribution in [3.8, 4) is 0 Å². The number of carbonyl (C=O) groups is 1. The molecule has 1 aromatic heterocycles. The predicted molar refractivity (Wildman–Crippen MR) is 90.7 cm³/mol. The molecule has 0 aliphatic carbocycles. The number of carboxylic acid groups (broad SMARTS) is 1. The van der Waals surface area contributed by atoms with Gasteiger partial charge in [-0.05, 0) is 48.9 Å². The number of hydrogen-bond donors (Lipinski definition) is 1. The van der Waals surface area contributed by atoms with Crippen LogP contribution in [0.2, 0.25) is 0 Å². The van der Waals surface area contributed by atoms with Gasteiger partial charge in [-0.3, -0.25) is 0 Å². The van der Waals surface area contributed by atoms with Gasteiger partial charge in [-0.25, -0.2) is 4.79 Å². The van der Waals surface area contributed by atoms with Crippen molar-refractivity contribution in [3.05, 3.63) is 77.2 Å². The minimum Gasteiger partial charge on any atom is -0.477 e. The smallest absolute Gasteiger partial charge is 0.345 e. The Morgan fingerprint density at radius 1 is 0.955 bits per heavy atom. The normalized spacial score (nSPS) is 10.4. The molecule has 0 amide bonds. The van der Waals surface area contributed by atoms with E-state index in [1.165, 1.54) is 11.3 Å². The lowest BCUT2D eigenvalue weighted by Crippen LogP contribution is -2.08. The minimum atomic E-state index is -0.895. The fraction of sp³-hybridized carbons (Fsp3) is 0.0556. The summed E-state index contributed by atoms with van der Waals surface area (Å²) in [7, 11) is 0. The van der Waals surface area contributed by atoms with Crippen molar-refractivity contribution in [1.29, 1.82) is 0 Å². The molecule has 4 heteroatoms.